The van der Waals surface area contributed by atoms with Crippen molar-refractivity contribution in [2.75, 3.05) is 12.0 Å². The zero-order valence-corrected chi connectivity index (χ0v) is 11.4. The third kappa shape index (κ3) is 4.43. The van der Waals surface area contributed by atoms with Gasteiger partial charge in [-0.1, -0.05) is 0 Å². The van der Waals surface area contributed by atoms with Gasteiger partial charge in [0.05, 0.1) is 6.04 Å². The Morgan fingerprint density at radius 2 is 1.88 bits per heavy atom. The Labute approximate surface area is 101 Å². The van der Waals surface area contributed by atoms with E-state index in [2.05, 4.69) is 0 Å². The van der Waals surface area contributed by atoms with Crippen molar-refractivity contribution in [2.45, 2.75) is 45.7 Å². The van der Waals surface area contributed by atoms with Crippen molar-refractivity contribution >= 4 is 23.6 Å². The molecule has 1 amide bonds. The van der Waals surface area contributed by atoms with Crippen LogP contribution in [0.1, 0.15) is 34.1 Å². The standard InChI is InChI=1S/C11H21NO3S/c1-8(13)9(6-7-16-5)12(10(14)15)11(2,3)4/h9H,6-7H2,1-5H3,(H,14,15)/t9-/m0/s1. The van der Waals surface area contributed by atoms with E-state index in [4.69, 9.17) is 0 Å². The fraction of sp³-hybridized carbons (Fsp3) is 0.818. The number of ketones is 1. The maximum absolute atomic E-state index is 11.5. The predicted octanol–water partition coefficient (Wildman–Crippen LogP) is 2.48. The number of carbonyl (C=O) groups is 2. The first-order valence-electron chi connectivity index (χ1n) is 5.23. The molecule has 94 valence electrons. The van der Waals surface area contributed by atoms with Crippen molar-refractivity contribution in [3.05, 3.63) is 0 Å². The van der Waals surface area contributed by atoms with Crippen LogP contribution < -0.4 is 0 Å². The van der Waals surface area contributed by atoms with E-state index in [9.17, 15) is 14.7 Å². The molecule has 0 saturated carbocycles. The van der Waals surface area contributed by atoms with Crippen LogP contribution in [-0.2, 0) is 4.79 Å². The Kier molecular flexibility index (Phi) is 5.86. The zero-order valence-electron chi connectivity index (χ0n) is 10.6. The van der Waals surface area contributed by atoms with Crippen LogP contribution in [0.2, 0.25) is 0 Å². The third-order valence-electron chi connectivity index (χ3n) is 2.31. The summed E-state index contributed by atoms with van der Waals surface area (Å²) in [6.07, 6.45) is 1.48. The largest absolute Gasteiger partial charge is 0.465 e. The number of hydrogen-bond donors (Lipinski definition) is 1. The Morgan fingerprint density at radius 1 is 1.38 bits per heavy atom. The van der Waals surface area contributed by atoms with E-state index in [1.165, 1.54) is 11.8 Å². The molecule has 0 aromatic carbocycles. The summed E-state index contributed by atoms with van der Waals surface area (Å²) in [7, 11) is 0. The second kappa shape index (κ2) is 6.13. The van der Waals surface area contributed by atoms with E-state index in [0.29, 0.717) is 6.42 Å². The van der Waals surface area contributed by atoms with E-state index in [0.717, 1.165) is 5.75 Å². The fourth-order valence-electron chi connectivity index (χ4n) is 1.63. The molecule has 0 radical (unpaired) electrons. The van der Waals surface area contributed by atoms with E-state index in [1.807, 2.05) is 6.26 Å². The summed E-state index contributed by atoms with van der Waals surface area (Å²) < 4.78 is 0. The van der Waals surface area contributed by atoms with Crippen molar-refractivity contribution < 1.29 is 14.7 Å². The van der Waals surface area contributed by atoms with Crippen LogP contribution in [0, 0.1) is 0 Å². The molecule has 0 aliphatic heterocycles. The summed E-state index contributed by atoms with van der Waals surface area (Å²) in [6, 6.07) is -0.537. The smallest absolute Gasteiger partial charge is 0.408 e. The van der Waals surface area contributed by atoms with Gasteiger partial charge in [0.15, 0.2) is 5.78 Å². The fourth-order valence-corrected chi connectivity index (χ4v) is 2.09. The minimum atomic E-state index is -1.03. The molecule has 0 aromatic rings. The van der Waals surface area contributed by atoms with Gasteiger partial charge in [-0.3, -0.25) is 9.69 Å². The van der Waals surface area contributed by atoms with Crippen molar-refractivity contribution in [1.29, 1.82) is 0 Å². The van der Waals surface area contributed by atoms with Crippen molar-refractivity contribution in [2.24, 2.45) is 0 Å². The summed E-state index contributed by atoms with van der Waals surface area (Å²) in [6.45, 7) is 6.86. The minimum Gasteiger partial charge on any atom is -0.465 e. The average molecular weight is 247 g/mol. The van der Waals surface area contributed by atoms with Crippen LogP contribution >= 0.6 is 11.8 Å². The van der Waals surface area contributed by atoms with E-state index in [1.54, 1.807) is 32.5 Å². The maximum Gasteiger partial charge on any atom is 0.408 e. The maximum atomic E-state index is 11.5. The van der Waals surface area contributed by atoms with Gasteiger partial charge < -0.3 is 5.11 Å². The number of Topliss-reactive ketones (excluding diaryl/α,β-unsaturated/α-hetero) is 1. The predicted molar refractivity (Wildman–Crippen MR) is 67.1 cm³/mol. The SMILES string of the molecule is CSCC[C@@H](C(C)=O)N(C(=O)O)C(C)(C)C. The average Bonchev–Trinajstić information content (AvgIpc) is 2.08. The van der Waals surface area contributed by atoms with Gasteiger partial charge >= 0.3 is 6.09 Å². The lowest BCUT2D eigenvalue weighted by molar-refractivity contribution is -0.123. The molecule has 16 heavy (non-hydrogen) atoms. The first-order valence-corrected chi connectivity index (χ1v) is 6.62. The monoisotopic (exact) mass is 247 g/mol. The molecule has 0 aromatic heterocycles. The molecule has 0 spiro atoms. The number of nitrogens with zero attached hydrogens (tertiary/aromatic N) is 1. The quantitative estimate of drug-likeness (QED) is 0.811. The van der Waals surface area contributed by atoms with Crippen LogP contribution in [0.5, 0.6) is 0 Å². The van der Waals surface area contributed by atoms with Crippen LogP contribution in [-0.4, -0.2) is 45.5 Å². The van der Waals surface area contributed by atoms with Crippen molar-refractivity contribution in [3.8, 4) is 0 Å². The highest BCUT2D eigenvalue weighted by atomic mass is 32.2. The highest BCUT2D eigenvalue weighted by molar-refractivity contribution is 7.98. The second-order valence-electron chi connectivity index (χ2n) is 4.73. The molecule has 0 aliphatic rings. The topological polar surface area (TPSA) is 57.6 Å². The molecule has 0 aliphatic carbocycles. The highest BCUT2D eigenvalue weighted by Gasteiger charge is 2.35. The van der Waals surface area contributed by atoms with Gasteiger partial charge in [0.2, 0.25) is 0 Å². The normalized spacial score (nSPS) is 13.3. The van der Waals surface area contributed by atoms with Crippen LogP contribution in [0.3, 0.4) is 0 Å². The lowest BCUT2D eigenvalue weighted by Crippen LogP contribution is -2.53. The lowest BCUT2D eigenvalue weighted by atomic mass is 10.00. The molecule has 4 nitrogen and oxygen atoms in total. The van der Waals surface area contributed by atoms with E-state index in [-0.39, 0.29) is 5.78 Å². The molecule has 0 rings (SSSR count). The third-order valence-corrected chi connectivity index (χ3v) is 2.95. The van der Waals surface area contributed by atoms with E-state index >= 15 is 0 Å². The van der Waals surface area contributed by atoms with Gasteiger partial charge in [-0.2, -0.15) is 11.8 Å². The van der Waals surface area contributed by atoms with Gasteiger partial charge in [0.25, 0.3) is 0 Å². The van der Waals surface area contributed by atoms with Gasteiger partial charge in [-0.25, -0.2) is 4.79 Å². The summed E-state index contributed by atoms with van der Waals surface area (Å²) in [5, 5.41) is 9.19. The van der Waals surface area contributed by atoms with Crippen LogP contribution in [0.25, 0.3) is 0 Å². The number of rotatable bonds is 5. The summed E-state index contributed by atoms with van der Waals surface area (Å²) in [4.78, 5) is 24.0. The Hall–Kier alpha value is -0.710. The number of carbonyl (C=O) groups excluding carboxylic acids is 1. The van der Waals surface area contributed by atoms with Gasteiger partial charge in [0, 0.05) is 5.54 Å². The molecule has 0 bridgehead atoms. The van der Waals surface area contributed by atoms with Crippen molar-refractivity contribution in [1.82, 2.24) is 4.90 Å². The van der Waals surface area contributed by atoms with E-state index < -0.39 is 17.7 Å². The molecular formula is C11H21NO3S. The number of amides is 1. The molecule has 1 N–H and O–H groups in total. The van der Waals surface area contributed by atoms with Gasteiger partial charge in [-0.05, 0) is 46.1 Å². The number of carboxylic acid groups (broad SMARTS) is 1. The molecule has 0 fully saturated rings. The Balaban J connectivity index is 4.96. The highest BCUT2D eigenvalue weighted by Crippen LogP contribution is 2.21. The van der Waals surface area contributed by atoms with Crippen LogP contribution in [0.15, 0.2) is 0 Å². The first-order chi connectivity index (χ1) is 7.21. The first kappa shape index (κ1) is 15.3. The number of hydrogen-bond acceptors (Lipinski definition) is 3. The Morgan fingerprint density at radius 3 is 2.12 bits per heavy atom. The van der Waals surface area contributed by atoms with Crippen molar-refractivity contribution in [3.63, 3.8) is 0 Å². The molecule has 1 atom stereocenters. The summed E-state index contributed by atoms with van der Waals surface area (Å²) >= 11 is 1.62. The Bertz CT molecular complexity index is 260. The minimum absolute atomic E-state index is 0.0913. The summed E-state index contributed by atoms with van der Waals surface area (Å²) in [5.74, 6) is 0.691. The molecule has 0 unspecified atom stereocenters. The molecular weight excluding hydrogens is 226 g/mol. The van der Waals surface area contributed by atoms with Crippen LogP contribution in [0.4, 0.5) is 4.79 Å². The lowest BCUT2D eigenvalue weighted by Gasteiger charge is -2.38. The molecule has 5 heteroatoms. The second-order valence-corrected chi connectivity index (χ2v) is 5.72. The molecule has 0 saturated heterocycles. The number of thioether (sulfide) groups is 1. The van der Waals surface area contributed by atoms with Gasteiger partial charge in [-0.15, -0.1) is 0 Å². The molecule has 0 heterocycles. The summed E-state index contributed by atoms with van der Waals surface area (Å²) in [5.41, 5.74) is -0.555. The van der Waals surface area contributed by atoms with Gasteiger partial charge in [0.1, 0.15) is 0 Å². The zero-order chi connectivity index (χ0) is 12.9.